The molecule has 9 heteroatoms. The fourth-order valence-electron chi connectivity index (χ4n) is 2.34. The van der Waals surface area contributed by atoms with Gasteiger partial charge in [-0.3, -0.25) is 0 Å². The molecule has 0 fully saturated rings. The van der Waals surface area contributed by atoms with E-state index in [4.69, 9.17) is 0 Å². The fraction of sp³-hybridized carbons (Fsp3) is 0.400. The monoisotopic (exact) mass is 474 g/mol. The number of hydrogen-bond acceptors (Lipinski definition) is 3. The standard InChI is InChI=1S/C15H18F3IN2O2S/c1-10(2)21-12(4)14(11(3)20-21)19(13-8-6-5-7-9-13)24(22,23)15(16,17)18/h5-10H,1-4H3. The molecule has 0 spiro atoms. The number of hydrogen-bond donors (Lipinski definition) is 0. The fourth-order valence-corrected chi connectivity index (χ4v) is 13.8. The van der Waals surface area contributed by atoms with Crippen molar-refractivity contribution >= 4 is 25.4 Å². The molecule has 0 atom stereocenters. The Morgan fingerprint density at radius 1 is 1.12 bits per heavy atom. The van der Waals surface area contributed by atoms with Crippen LogP contribution in [0, 0.1) is 21.0 Å². The molecule has 0 aliphatic heterocycles. The first-order valence-electron chi connectivity index (χ1n) is 7.11. The Labute approximate surface area is 144 Å². The normalized spacial score (nSPS) is 13.4. The molecule has 0 saturated carbocycles. The SMILES string of the molecule is Cc1nn(C(C)C)c(C)c1I(c1ccccc1)S(=O)(=O)C(F)(F)F. The molecular weight excluding hydrogens is 456 g/mol. The average Bonchev–Trinajstić information content (AvgIpc) is 2.76. The van der Waals surface area contributed by atoms with Crippen molar-refractivity contribution in [3.05, 3.63) is 48.9 Å². The summed E-state index contributed by atoms with van der Waals surface area (Å²) >= 11 is -3.85. The molecule has 1 aromatic carbocycles. The minimum atomic E-state index is -5.30. The first kappa shape index (κ1) is 19.2. The van der Waals surface area contributed by atoms with E-state index in [9.17, 15) is 21.6 Å². The van der Waals surface area contributed by atoms with Crippen LogP contribution < -0.4 is 0 Å². The molecule has 24 heavy (non-hydrogen) atoms. The zero-order chi connectivity index (χ0) is 18.3. The predicted molar refractivity (Wildman–Crippen MR) is 94.9 cm³/mol. The summed E-state index contributed by atoms with van der Waals surface area (Å²) < 4.78 is 66.7. The molecule has 0 bridgehead atoms. The summed E-state index contributed by atoms with van der Waals surface area (Å²) in [6.07, 6.45) is 0. The molecule has 0 radical (unpaired) electrons. The summed E-state index contributed by atoms with van der Waals surface area (Å²) in [5, 5.41) is 4.28. The Hall–Kier alpha value is -1.10. The van der Waals surface area contributed by atoms with Crippen molar-refractivity contribution in [3.63, 3.8) is 0 Å². The number of halogens is 4. The van der Waals surface area contributed by atoms with Gasteiger partial charge in [0.2, 0.25) is 0 Å². The van der Waals surface area contributed by atoms with Crippen LogP contribution in [0.2, 0.25) is 0 Å². The third-order valence-corrected chi connectivity index (χ3v) is 15.9. The molecule has 0 N–H and O–H groups in total. The Morgan fingerprint density at radius 2 is 1.67 bits per heavy atom. The van der Waals surface area contributed by atoms with Gasteiger partial charge in [0, 0.05) is 0 Å². The van der Waals surface area contributed by atoms with E-state index in [0.29, 0.717) is 11.4 Å². The second kappa shape index (κ2) is 6.66. The number of alkyl halides is 3. The van der Waals surface area contributed by atoms with Crippen LogP contribution in [0.15, 0.2) is 30.3 Å². The maximum absolute atomic E-state index is 13.3. The molecule has 4 nitrogen and oxygen atoms in total. The Balaban J connectivity index is 2.80. The van der Waals surface area contributed by atoms with E-state index in [1.807, 2.05) is 13.8 Å². The molecule has 2 rings (SSSR count). The quantitative estimate of drug-likeness (QED) is 0.486. The van der Waals surface area contributed by atoms with Gasteiger partial charge in [0.15, 0.2) is 0 Å². The van der Waals surface area contributed by atoms with Crippen LogP contribution in [-0.2, 0) is 7.01 Å². The molecule has 0 amide bonds. The molecular formula is C15H18F3IN2O2S. The van der Waals surface area contributed by atoms with E-state index in [1.54, 1.807) is 36.7 Å². The summed E-state index contributed by atoms with van der Waals surface area (Å²) in [6.45, 7) is 6.90. The van der Waals surface area contributed by atoms with Gasteiger partial charge in [0.05, 0.1) is 0 Å². The Bertz CT molecular complexity index is 830. The first-order chi connectivity index (χ1) is 11.0. The number of rotatable bonds is 4. The third kappa shape index (κ3) is 3.32. The third-order valence-electron chi connectivity index (χ3n) is 3.31. The van der Waals surface area contributed by atoms with E-state index in [0.717, 1.165) is 0 Å². The number of aromatic nitrogens is 2. The first-order valence-corrected chi connectivity index (χ1v) is 13.3. The zero-order valence-electron chi connectivity index (χ0n) is 13.6. The molecule has 0 saturated heterocycles. The van der Waals surface area contributed by atoms with Crippen LogP contribution in [0.3, 0.4) is 0 Å². The number of benzene rings is 1. The minimum absolute atomic E-state index is 0.0699. The van der Waals surface area contributed by atoms with E-state index in [1.165, 1.54) is 12.1 Å². The second-order valence-corrected chi connectivity index (χ2v) is 16.1. The molecule has 0 aliphatic carbocycles. The molecule has 1 heterocycles. The summed E-state index contributed by atoms with van der Waals surface area (Å²) in [5.74, 6) is 0. The van der Waals surface area contributed by atoms with Gasteiger partial charge in [-0.15, -0.1) is 0 Å². The van der Waals surface area contributed by atoms with E-state index in [2.05, 4.69) is 5.10 Å². The van der Waals surface area contributed by atoms with Gasteiger partial charge in [-0.25, -0.2) is 0 Å². The molecule has 0 aliphatic rings. The van der Waals surface area contributed by atoms with E-state index >= 15 is 0 Å². The van der Waals surface area contributed by atoms with Crippen LogP contribution in [0.1, 0.15) is 31.3 Å². The summed E-state index contributed by atoms with van der Waals surface area (Å²) in [6, 6.07) is 7.61. The van der Waals surface area contributed by atoms with Crippen molar-refractivity contribution in [2.24, 2.45) is 0 Å². The van der Waals surface area contributed by atoms with Crippen LogP contribution in [0.4, 0.5) is 13.2 Å². The van der Waals surface area contributed by atoms with Crippen molar-refractivity contribution in [2.45, 2.75) is 39.2 Å². The molecule has 0 unspecified atom stereocenters. The molecule has 1 aromatic heterocycles. The van der Waals surface area contributed by atoms with Gasteiger partial charge in [0.1, 0.15) is 0 Å². The van der Waals surface area contributed by atoms with Crippen LogP contribution in [0.25, 0.3) is 0 Å². The maximum atomic E-state index is 13.3. The van der Waals surface area contributed by atoms with Crippen molar-refractivity contribution in [3.8, 4) is 0 Å². The molecule has 2 aromatic rings. The second-order valence-electron chi connectivity index (χ2n) is 5.45. The number of nitrogens with zero attached hydrogens (tertiary/aromatic N) is 2. The van der Waals surface area contributed by atoms with E-state index < -0.39 is 31.0 Å². The van der Waals surface area contributed by atoms with Crippen LogP contribution in [-0.4, -0.2) is 23.7 Å². The summed E-state index contributed by atoms with van der Waals surface area (Å²) in [4.78, 5) is 0. The van der Waals surface area contributed by atoms with Gasteiger partial charge in [0.25, 0.3) is 0 Å². The van der Waals surface area contributed by atoms with Gasteiger partial charge >= 0.3 is 145 Å². The van der Waals surface area contributed by atoms with Gasteiger partial charge in [-0.1, -0.05) is 0 Å². The summed E-state index contributed by atoms with van der Waals surface area (Å²) in [7, 11) is -5.30. The van der Waals surface area contributed by atoms with Crippen molar-refractivity contribution < 1.29 is 21.6 Å². The van der Waals surface area contributed by atoms with E-state index in [-0.39, 0.29) is 13.2 Å². The Morgan fingerprint density at radius 3 is 2.08 bits per heavy atom. The number of aryl methyl sites for hydroxylation is 1. The topological polar surface area (TPSA) is 52.0 Å². The van der Waals surface area contributed by atoms with Crippen LogP contribution >= 0.6 is 18.4 Å². The predicted octanol–water partition coefficient (Wildman–Crippen LogP) is 4.48. The van der Waals surface area contributed by atoms with Gasteiger partial charge in [-0.05, 0) is 0 Å². The van der Waals surface area contributed by atoms with Crippen molar-refractivity contribution in [2.75, 3.05) is 0 Å². The van der Waals surface area contributed by atoms with Gasteiger partial charge < -0.3 is 0 Å². The summed E-state index contributed by atoms with van der Waals surface area (Å²) in [5.41, 5.74) is -4.44. The van der Waals surface area contributed by atoms with Crippen LogP contribution in [0.5, 0.6) is 0 Å². The average molecular weight is 474 g/mol. The van der Waals surface area contributed by atoms with Gasteiger partial charge in [-0.2, -0.15) is 0 Å². The zero-order valence-corrected chi connectivity index (χ0v) is 16.6. The van der Waals surface area contributed by atoms with Crippen molar-refractivity contribution in [1.29, 1.82) is 0 Å². The Kier molecular flexibility index (Phi) is 5.34. The van der Waals surface area contributed by atoms with Crippen molar-refractivity contribution in [1.82, 2.24) is 9.78 Å². The molecule has 134 valence electrons.